The highest BCUT2D eigenvalue weighted by Gasteiger charge is 2.34. The molecule has 1 aliphatic heterocycles. The number of benzene rings is 5. The highest BCUT2D eigenvalue weighted by atomic mass is 32.1. The van der Waals surface area contributed by atoms with Crippen molar-refractivity contribution in [3.8, 4) is 11.5 Å². The maximum atomic E-state index is 14.5. The standard InChI is InChI=1S/C39H29FN2O3S/c1-44-33-17-9-7-15-29(33)37-30-20-18-25-11-3-6-14-28(25)36(30)41-39-42(37)38(43)35(46-39)22-31-27-13-5-2-10-24(27)19-21-34(31)45-23-26-12-4-8-16-32(26)40/h2-17,19,21-22,37H,18,20,23H2,1H3/b35-22+/t37-/m1/s1. The van der Waals surface area contributed by atoms with Crippen LogP contribution in [0.3, 0.4) is 0 Å². The Morgan fingerprint density at radius 1 is 0.891 bits per heavy atom. The Kier molecular flexibility index (Phi) is 7.11. The van der Waals surface area contributed by atoms with Gasteiger partial charge in [0.25, 0.3) is 5.56 Å². The van der Waals surface area contributed by atoms with E-state index in [0.717, 1.165) is 57.3 Å². The lowest BCUT2D eigenvalue weighted by Crippen LogP contribution is -2.39. The summed E-state index contributed by atoms with van der Waals surface area (Å²) in [5, 5.41) is 1.95. The third kappa shape index (κ3) is 4.75. The number of thiazole rings is 1. The first-order valence-electron chi connectivity index (χ1n) is 15.2. The topological polar surface area (TPSA) is 52.8 Å². The molecule has 0 spiro atoms. The van der Waals surface area contributed by atoms with Gasteiger partial charge in [0, 0.05) is 22.3 Å². The zero-order valence-electron chi connectivity index (χ0n) is 25.1. The molecule has 226 valence electrons. The molecule has 46 heavy (non-hydrogen) atoms. The maximum absolute atomic E-state index is 14.5. The van der Waals surface area contributed by atoms with Crippen LogP contribution in [0.1, 0.15) is 40.3 Å². The highest BCUT2D eigenvalue weighted by Crippen LogP contribution is 2.43. The first-order valence-corrected chi connectivity index (χ1v) is 16.1. The summed E-state index contributed by atoms with van der Waals surface area (Å²) in [5.74, 6) is 0.981. The van der Waals surface area contributed by atoms with Crippen molar-refractivity contribution in [2.24, 2.45) is 4.99 Å². The van der Waals surface area contributed by atoms with Crippen molar-refractivity contribution in [1.82, 2.24) is 4.57 Å². The average Bonchev–Trinajstić information content (AvgIpc) is 3.41. The molecule has 6 aromatic rings. The molecule has 5 nitrogen and oxygen atoms in total. The zero-order valence-corrected chi connectivity index (χ0v) is 25.9. The van der Waals surface area contributed by atoms with Gasteiger partial charge in [0.1, 0.15) is 23.9 Å². The number of halogens is 1. The van der Waals surface area contributed by atoms with Gasteiger partial charge in [-0.25, -0.2) is 9.38 Å². The SMILES string of the molecule is COc1ccccc1[C@@H]1C2=C(N=c3s/c(=C/c4c(OCc5ccccc5F)ccc5ccccc45)c(=O)n31)c1ccccc1CC2. The summed E-state index contributed by atoms with van der Waals surface area (Å²) < 4.78 is 28.9. The molecule has 0 amide bonds. The minimum atomic E-state index is -0.359. The highest BCUT2D eigenvalue weighted by molar-refractivity contribution is 7.07. The Morgan fingerprint density at radius 2 is 1.67 bits per heavy atom. The lowest BCUT2D eigenvalue weighted by molar-refractivity contribution is 0.299. The van der Waals surface area contributed by atoms with Gasteiger partial charge in [-0.15, -0.1) is 0 Å². The number of hydrogen-bond acceptors (Lipinski definition) is 5. The van der Waals surface area contributed by atoms with Crippen molar-refractivity contribution < 1.29 is 13.9 Å². The predicted octanol–water partition coefficient (Wildman–Crippen LogP) is 7.20. The van der Waals surface area contributed by atoms with Crippen molar-refractivity contribution >= 4 is 33.9 Å². The van der Waals surface area contributed by atoms with E-state index in [9.17, 15) is 9.18 Å². The zero-order chi connectivity index (χ0) is 31.2. The number of methoxy groups -OCH3 is 1. The molecule has 2 heterocycles. The Hall–Kier alpha value is -5.27. The molecular formula is C39H29FN2O3S. The molecule has 7 heteroatoms. The number of aryl methyl sites for hydroxylation is 1. The number of allylic oxidation sites excluding steroid dienone is 1. The summed E-state index contributed by atoms with van der Waals surface area (Å²) in [4.78, 5) is 20.3. The number of hydrogen-bond donors (Lipinski definition) is 0. The van der Waals surface area contributed by atoms with Crippen LogP contribution in [0.25, 0.3) is 22.5 Å². The molecule has 0 N–H and O–H groups in total. The van der Waals surface area contributed by atoms with E-state index < -0.39 is 0 Å². The van der Waals surface area contributed by atoms with Crippen LogP contribution in [0.15, 0.2) is 125 Å². The van der Waals surface area contributed by atoms with Gasteiger partial charge in [-0.1, -0.05) is 102 Å². The van der Waals surface area contributed by atoms with Crippen LogP contribution in [-0.2, 0) is 13.0 Å². The van der Waals surface area contributed by atoms with E-state index in [2.05, 4.69) is 18.2 Å². The summed E-state index contributed by atoms with van der Waals surface area (Å²) in [5.41, 5.74) is 6.45. The smallest absolute Gasteiger partial charge is 0.271 e. The van der Waals surface area contributed by atoms with Crippen LogP contribution in [-0.4, -0.2) is 11.7 Å². The Balaban J connectivity index is 1.34. The molecule has 8 rings (SSSR count). The Bertz CT molecular complexity index is 2370. The van der Waals surface area contributed by atoms with E-state index in [0.29, 0.717) is 20.6 Å². The second-order valence-corrected chi connectivity index (χ2v) is 12.4. The number of aromatic nitrogens is 1. The normalized spacial score (nSPS) is 15.6. The monoisotopic (exact) mass is 624 g/mol. The summed E-state index contributed by atoms with van der Waals surface area (Å²) in [7, 11) is 1.66. The first-order chi connectivity index (χ1) is 22.6. The van der Waals surface area contributed by atoms with Crippen molar-refractivity contribution in [3.63, 3.8) is 0 Å². The van der Waals surface area contributed by atoms with Crippen molar-refractivity contribution in [2.45, 2.75) is 25.5 Å². The molecule has 0 bridgehead atoms. The van der Waals surface area contributed by atoms with Gasteiger partial charge in [0.2, 0.25) is 0 Å². The number of rotatable bonds is 6. The summed E-state index contributed by atoms with van der Waals surface area (Å²) in [6.45, 7) is 0.0625. The molecule has 0 radical (unpaired) electrons. The van der Waals surface area contributed by atoms with E-state index >= 15 is 0 Å². The molecule has 1 aromatic heterocycles. The number of ether oxygens (including phenoxy) is 2. The largest absolute Gasteiger partial charge is 0.496 e. The maximum Gasteiger partial charge on any atom is 0.271 e. The molecule has 2 aliphatic rings. The van der Waals surface area contributed by atoms with Gasteiger partial charge in [0.15, 0.2) is 4.80 Å². The lowest BCUT2D eigenvalue weighted by atomic mass is 9.83. The van der Waals surface area contributed by atoms with Crippen LogP contribution in [0.2, 0.25) is 0 Å². The van der Waals surface area contributed by atoms with Crippen molar-refractivity contribution in [1.29, 1.82) is 0 Å². The van der Waals surface area contributed by atoms with Crippen LogP contribution in [0.5, 0.6) is 11.5 Å². The summed E-state index contributed by atoms with van der Waals surface area (Å²) in [6, 6.07) is 34.4. The van der Waals surface area contributed by atoms with Crippen LogP contribution >= 0.6 is 11.3 Å². The van der Waals surface area contributed by atoms with E-state index in [1.807, 2.05) is 77.4 Å². The molecule has 0 saturated heterocycles. The van der Waals surface area contributed by atoms with Crippen LogP contribution in [0, 0.1) is 5.82 Å². The minimum absolute atomic E-state index is 0.0625. The molecule has 0 fully saturated rings. The molecule has 0 unspecified atom stereocenters. The van der Waals surface area contributed by atoms with E-state index in [1.54, 1.807) is 25.3 Å². The number of para-hydroxylation sites is 1. The molecule has 5 aromatic carbocycles. The lowest BCUT2D eigenvalue weighted by Gasteiger charge is -2.31. The van der Waals surface area contributed by atoms with Gasteiger partial charge < -0.3 is 9.47 Å². The summed E-state index contributed by atoms with van der Waals surface area (Å²) in [6.07, 6.45) is 3.57. The van der Waals surface area contributed by atoms with Gasteiger partial charge in [-0.3, -0.25) is 9.36 Å². The van der Waals surface area contributed by atoms with Gasteiger partial charge >= 0.3 is 0 Å². The predicted molar refractivity (Wildman–Crippen MR) is 180 cm³/mol. The molecule has 0 saturated carbocycles. The number of nitrogens with zero attached hydrogens (tertiary/aromatic N) is 2. The number of fused-ring (bicyclic) bond motifs is 4. The fourth-order valence-electron chi connectivity index (χ4n) is 6.64. The van der Waals surface area contributed by atoms with E-state index in [-0.39, 0.29) is 24.0 Å². The Labute approximate surface area is 268 Å². The minimum Gasteiger partial charge on any atom is -0.496 e. The van der Waals surface area contributed by atoms with E-state index in [1.165, 1.54) is 23.0 Å². The van der Waals surface area contributed by atoms with Crippen LogP contribution in [0.4, 0.5) is 4.39 Å². The summed E-state index contributed by atoms with van der Waals surface area (Å²) >= 11 is 1.37. The van der Waals surface area contributed by atoms with Gasteiger partial charge in [-0.2, -0.15) is 0 Å². The van der Waals surface area contributed by atoms with Gasteiger partial charge in [0.05, 0.1) is 23.4 Å². The second kappa shape index (κ2) is 11.6. The van der Waals surface area contributed by atoms with Crippen LogP contribution < -0.4 is 24.4 Å². The fraction of sp³-hybridized carbons (Fsp3) is 0.128. The average molecular weight is 625 g/mol. The molecule has 1 atom stereocenters. The van der Waals surface area contributed by atoms with Crippen molar-refractivity contribution in [3.05, 3.63) is 168 Å². The molecular weight excluding hydrogens is 596 g/mol. The fourth-order valence-corrected chi connectivity index (χ4v) is 7.63. The third-order valence-corrected chi connectivity index (χ3v) is 9.84. The Morgan fingerprint density at radius 3 is 2.57 bits per heavy atom. The first kappa shape index (κ1) is 28.2. The third-order valence-electron chi connectivity index (χ3n) is 8.85. The van der Waals surface area contributed by atoms with E-state index in [4.69, 9.17) is 14.5 Å². The quantitative estimate of drug-likeness (QED) is 0.197. The van der Waals surface area contributed by atoms with Gasteiger partial charge in [-0.05, 0) is 59.0 Å². The molecule has 1 aliphatic carbocycles. The van der Waals surface area contributed by atoms with Crippen molar-refractivity contribution in [2.75, 3.05) is 7.11 Å². The second-order valence-electron chi connectivity index (χ2n) is 11.4.